The Balaban J connectivity index is 2.02. The topological polar surface area (TPSA) is 80.4 Å². The molecule has 0 fully saturated rings. The highest BCUT2D eigenvalue weighted by Crippen LogP contribution is 2.24. The molecular weight excluding hydrogens is 281 g/mol. The van der Waals surface area contributed by atoms with Crippen LogP contribution in [0.3, 0.4) is 0 Å². The second kappa shape index (κ2) is 6.19. The first-order valence-electron chi connectivity index (χ1n) is 5.19. The number of aromatic nitrogens is 2. The van der Waals surface area contributed by atoms with Crippen molar-refractivity contribution < 1.29 is 14.3 Å². The monoisotopic (exact) mass is 291 g/mol. The van der Waals surface area contributed by atoms with E-state index in [0.29, 0.717) is 35.4 Å². The van der Waals surface area contributed by atoms with Crippen LogP contribution in [0.1, 0.15) is 11.8 Å². The Kier molecular flexibility index (Phi) is 4.60. The first-order chi connectivity index (χ1) is 8.70. The standard InChI is InChI=1S/C10H11Cl2N3O3/c11-7-3-6(4-13-9(7)12)10-15-14-8(18-10)1-2-17-5-16/h3-4,9,13,16H,1-2,5H2. The molecule has 0 aromatic carbocycles. The van der Waals surface area contributed by atoms with Crippen LogP contribution in [0.15, 0.2) is 21.7 Å². The largest absolute Gasteiger partial charge is 0.421 e. The molecule has 0 saturated heterocycles. The average Bonchev–Trinajstić information content (AvgIpc) is 2.82. The number of hydrogen-bond donors (Lipinski definition) is 2. The van der Waals surface area contributed by atoms with Crippen LogP contribution in [-0.2, 0) is 11.2 Å². The summed E-state index contributed by atoms with van der Waals surface area (Å²) in [7, 11) is 0. The van der Waals surface area contributed by atoms with Crippen LogP contribution < -0.4 is 5.32 Å². The molecule has 1 aliphatic heterocycles. The Hall–Kier alpha value is -1.08. The normalized spacial score (nSPS) is 19.2. The van der Waals surface area contributed by atoms with Crippen molar-refractivity contribution in [1.82, 2.24) is 15.5 Å². The maximum Gasteiger partial charge on any atom is 0.249 e. The molecule has 0 amide bonds. The van der Waals surface area contributed by atoms with Gasteiger partial charge in [0, 0.05) is 12.6 Å². The number of alkyl halides is 1. The van der Waals surface area contributed by atoms with Gasteiger partial charge in [0.05, 0.1) is 17.2 Å². The summed E-state index contributed by atoms with van der Waals surface area (Å²) in [6.07, 6.45) is 3.76. The van der Waals surface area contributed by atoms with Crippen molar-refractivity contribution in [3.8, 4) is 0 Å². The smallest absolute Gasteiger partial charge is 0.249 e. The van der Waals surface area contributed by atoms with Gasteiger partial charge in [0.2, 0.25) is 11.8 Å². The molecule has 2 heterocycles. The van der Waals surface area contributed by atoms with Crippen LogP contribution in [0.4, 0.5) is 0 Å². The van der Waals surface area contributed by atoms with Crippen molar-refractivity contribution in [2.45, 2.75) is 11.9 Å². The molecule has 18 heavy (non-hydrogen) atoms. The van der Waals surface area contributed by atoms with Gasteiger partial charge in [-0.15, -0.1) is 10.2 Å². The van der Waals surface area contributed by atoms with E-state index in [-0.39, 0.29) is 6.79 Å². The number of dihydropyridines is 1. The van der Waals surface area contributed by atoms with Crippen LogP contribution in [0.5, 0.6) is 0 Å². The minimum atomic E-state index is -0.434. The third kappa shape index (κ3) is 3.23. The van der Waals surface area contributed by atoms with Crippen molar-refractivity contribution >= 4 is 28.8 Å². The first kappa shape index (κ1) is 13.4. The van der Waals surface area contributed by atoms with Crippen LogP contribution >= 0.6 is 23.2 Å². The zero-order valence-corrected chi connectivity index (χ0v) is 10.8. The van der Waals surface area contributed by atoms with Gasteiger partial charge in [-0.1, -0.05) is 23.2 Å². The second-order valence-electron chi connectivity index (χ2n) is 3.45. The minimum absolute atomic E-state index is 0.315. The predicted octanol–water partition coefficient (Wildman–Crippen LogP) is 1.21. The highest BCUT2D eigenvalue weighted by Gasteiger charge is 2.17. The fraction of sp³-hybridized carbons (Fsp3) is 0.400. The molecule has 1 aromatic rings. The summed E-state index contributed by atoms with van der Waals surface area (Å²) in [4.78, 5) is 0. The Morgan fingerprint density at radius 2 is 2.33 bits per heavy atom. The lowest BCUT2D eigenvalue weighted by molar-refractivity contribution is -0.00128. The van der Waals surface area contributed by atoms with Crippen molar-refractivity contribution in [1.29, 1.82) is 0 Å². The van der Waals surface area contributed by atoms with Gasteiger partial charge in [0.25, 0.3) is 0 Å². The number of rotatable bonds is 5. The molecule has 1 atom stereocenters. The van der Waals surface area contributed by atoms with E-state index in [0.717, 1.165) is 0 Å². The molecule has 98 valence electrons. The maximum atomic E-state index is 8.47. The fourth-order valence-corrected chi connectivity index (χ4v) is 1.63. The molecule has 0 spiro atoms. The van der Waals surface area contributed by atoms with E-state index in [4.69, 9.17) is 37.5 Å². The first-order valence-corrected chi connectivity index (χ1v) is 6.01. The third-order valence-electron chi connectivity index (χ3n) is 2.19. The summed E-state index contributed by atoms with van der Waals surface area (Å²) in [6, 6.07) is 0. The fourth-order valence-electron chi connectivity index (χ4n) is 1.32. The Labute approximate surface area is 113 Å². The lowest BCUT2D eigenvalue weighted by Crippen LogP contribution is -2.21. The minimum Gasteiger partial charge on any atom is -0.421 e. The zero-order valence-electron chi connectivity index (χ0n) is 9.27. The molecule has 2 rings (SSSR count). The zero-order chi connectivity index (χ0) is 13.0. The number of nitrogens with one attached hydrogen (secondary N) is 1. The van der Waals surface area contributed by atoms with Crippen LogP contribution in [0.25, 0.3) is 5.57 Å². The molecule has 6 nitrogen and oxygen atoms in total. The maximum absolute atomic E-state index is 8.47. The van der Waals surface area contributed by atoms with E-state index in [1.165, 1.54) is 0 Å². The Morgan fingerprint density at radius 1 is 1.50 bits per heavy atom. The van der Waals surface area contributed by atoms with Gasteiger partial charge in [-0.05, 0) is 6.08 Å². The molecule has 1 aliphatic rings. The summed E-state index contributed by atoms with van der Waals surface area (Å²) in [5, 5.41) is 19.5. The molecule has 1 aromatic heterocycles. The van der Waals surface area contributed by atoms with E-state index >= 15 is 0 Å². The average molecular weight is 292 g/mol. The van der Waals surface area contributed by atoms with Gasteiger partial charge in [0.15, 0.2) is 0 Å². The second-order valence-corrected chi connectivity index (χ2v) is 4.32. The summed E-state index contributed by atoms with van der Waals surface area (Å²) in [6.45, 7) is -0.0126. The van der Waals surface area contributed by atoms with Crippen molar-refractivity contribution in [2.24, 2.45) is 0 Å². The van der Waals surface area contributed by atoms with E-state index in [9.17, 15) is 0 Å². The van der Waals surface area contributed by atoms with Gasteiger partial charge >= 0.3 is 0 Å². The molecule has 0 radical (unpaired) electrons. The molecule has 1 unspecified atom stereocenters. The summed E-state index contributed by atoms with van der Waals surface area (Å²) in [5.41, 5.74) is 0.231. The predicted molar refractivity (Wildman–Crippen MR) is 65.7 cm³/mol. The summed E-state index contributed by atoms with van der Waals surface area (Å²) in [5.74, 6) is 0.778. The summed E-state index contributed by atoms with van der Waals surface area (Å²) >= 11 is 11.8. The van der Waals surface area contributed by atoms with E-state index in [2.05, 4.69) is 15.5 Å². The molecule has 0 aliphatic carbocycles. The number of aliphatic hydroxyl groups excluding tert-OH is 1. The number of nitrogens with zero attached hydrogens (tertiary/aromatic N) is 2. The molecule has 0 saturated carbocycles. The number of allylic oxidation sites excluding steroid dienone is 2. The Morgan fingerprint density at radius 3 is 3.06 bits per heavy atom. The SMILES string of the molecule is OCOCCc1nnc(C2=CNC(Cl)C(Cl)=C2)o1. The number of aliphatic hydroxyl groups is 1. The number of halogens is 2. The lowest BCUT2D eigenvalue weighted by atomic mass is 10.2. The highest BCUT2D eigenvalue weighted by atomic mass is 35.5. The quantitative estimate of drug-likeness (QED) is 0.367. The molecule has 0 bridgehead atoms. The molecule has 2 N–H and O–H groups in total. The highest BCUT2D eigenvalue weighted by molar-refractivity contribution is 6.38. The van der Waals surface area contributed by atoms with Crippen molar-refractivity contribution in [3.05, 3.63) is 29.1 Å². The van der Waals surface area contributed by atoms with Crippen molar-refractivity contribution in [3.63, 3.8) is 0 Å². The van der Waals surface area contributed by atoms with Gasteiger partial charge < -0.3 is 19.6 Å². The van der Waals surface area contributed by atoms with E-state index in [1.807, 2.05) is 0 Å². The van der Waals surface area contributed by atoms with Crippen LogP contribution in [0, 0.1) is 0 Å². The van der Waals surface area contributed by atoms with E-state index < -0.39 is 5.50 Å². The van der Waals surface area contributed by atoms with Gasteiger partial charge in [-0.2, -0.15) is 0 Å². The molecule has 8 heteroatoms. The molecular formula is C10H11Cl2N3O3. The lowest BCUT2D eigenvalue weighted by Gasteiger charge is -2.14. The van der Waals surface area contributed by atoms with Gasteiger partial charge in [-0.3, -0.25) is 0 Å². The van der Waals surface area contributed by atoms with Crippen molar-refractivity contribution in [2.75, 3.05) is 13.4 Å². The third-order valence-corrected chi connectivity index (χ3v) is 2.99. The van der Waals surface area contributed by atoms with Crippen LogP contribution in [-0.4, -0.2) is 34.2 Å². The summed E-state index contributed by atoms with van der Waals surface area (Å²) < 4.78 is 10.2. The van der Waals surface area contributed by atoms with E-state index in [1.54, 1.807) is 12.3 Å². The van der Waals surface area contributed by atoms with Gasteiger partial charge in [0.1, 0.15) is 12.3 Å². The van der Waals surface area contributed by atoms with Gasteiger partial charge in [-0.25, -0.2) is 0 Å². The Bertz CT molecular complexity index is 473. The number of hydrogen-bond acceptors (Lipinski definition) is 6. The van der Waals surface area contributed by atoms with Crippen LogP contribution in [0.2, 0.25) is 0 Å². The number of ether oxygens (including phenoxy) is 1.